The fourth-order valence-corrected chi connectivity index (χ4v) is 3.90. The molecule has 0 spiro atoms. The third-order valence-corrected chi connectivity index (χ3v) is 5.75. The monoisotopic (exact) mass is 410 g/mol. The van der Waals surface area contributed by atoms with Crippen molar-refractivity contribution in [2.45, 2.75) is 32.7 Å². The van der Waals surface area contributed by atoms with Crippen LogP contribution in [0.1, 0.15) is 24.2 Å². The maximum absolute atomic E-state index is 12.8. The molecule has 6 nitrogen and oxygen atoms in total. The van der Waals surface area contributed by atoms with E-state index in [2.05, 4.69) is 10.3 Å². The number of anilines is 1. The first-order chi connectivity index (χ1) is 14.0. The summed E-state index contributed by atoms with van der Waals surface area (Å²) in [5.41, 5.74) is 3.13. The Morgan fingerprint density at radius 1 is 1.10 bits per heavy atom. The van der Waals surface area contributed by atoms with Gasteiger partial charge in [-0.3, -0.25) is 9.59 Å². The zero-order chi connectivity index (χ0) is 20.4. The van der Waals surface area contributed by atoms with Crippen molar-refractivity contribution in [2.24, 2.45) is 0 Å². The number of amides is 2. The molecule has 7 heteroatoms. The van der Waals surface area contributed by atoms with Crippen molar-refractivity contribution >= 4 is 40.1 Å². The van der Waals surface area contributed by atoms with Crippen molar-refractivity contribution in [3.8, 4) is 0 Å². The normalized spacial score (nSPS) is 13.8. The lowest BCUT2D eigenvalue weighted by molar-refractivity contribution is -0.129. The second-order valence-corrected chi connectivity index (χ2v) is 7.74. The Bertz CT molecular complexity index is 1070. The fourth-order valence-electron chi connectivity index (χ4n) is 3.73. The highest BCUT2D eigenvalue weighted by atomic mass is 35.5. The summed E-state index contributed by atoms with van der Waals surface area (Å²) in [5.74, 6) is 0.486. The van der Waals surface area contributed by atoms with Gasteiger partial charge in [0.05, 0.1) is 17.5 Å². The molecule has 0 radical (unpaired) electrons. The van der Waals surface area contributed by atoms with Crippen LogP contribution < -0.4 is 5.32 Å². The number of likely N-dealkylation sites (tertiary alicyclic amines) is 1. The molecule has 1 aliphatic heterocycles. The number of carbonyl (C=O) groups is 2. The molecule has 2 heterocycles. The van der Waals surface area contributed by atoms with Crippen LogP contribution in [0.5, 0.6) is 0 Å². The Morgan fingerprint density at radius 2 is 1.86 bits per heavy atom. The molecule has 150 valence electrons. The number of hydrogen-bond donors (Lipinski definition) is 1. The van der Waals surface area contributed by atoms with Gasteiger partial charge in [0.25, 0.3) is 0 Å². The molecule has 0 bridgehead atoms. The molecule has 1 saturated heterocycles. The first-order valence-corrected chi connectivity index (χ1v) is 10.2. The molecule has 0 saturated carbocycles. The minimum atomic E-state index is -0.187. The Morgan fingerprint density at radius 3 is 2.66 bits per heavy atom. The highest BCUT2D eigenvalue weighted by molar-refractivity contribution is 6.31. The SMILES string of the molecule is Cc1c(Cl)cccc1NC(=O)Cn1c(CC(=O)N2CCCC2)nc2ccccc21. The summed E-state index contributed by atoms with van der Waals surface area (Å²) in [7, 11) is 0. The van der Waals surface area contributed by atoms with Crippen molar-refractivity contribution < 1.29 is 9.59 Å². The second-order valence-electron chi connectivity index (χ2n) is 7.33. The van der Waals surface area contributed by atoms with Gasteiger partial charge >= 0.3 is 0 Å². The standard InChI is InChI=1S/C22H23ClN4O2/c1-15-16(23)7-6-9-17(15)25-21(28)14-27-19-10-3-2-8-18(19)24-20(27)13-22(29)26-11-4-5-12-26/h2-3,6-10H,4-5,11-14H2,1H3,(H,25,28). The van der Waals surface area contributed by atoms with E-state index in [1.807, 2.05) is 46.7 Å². The maximum atomic E-state index is 12.8. The van der Waals surface area contributed by atoms with Gasteiger partial charge < -0.3 is 14.8 Å². The van der Waals surface area contributed by atoms with E-state index >= 15 is 0 Å². The summed E-state index contributed by atoms with van der Waals surface area (Å²) in [6, 6.07) is 13.0. The van der Waals surface area contributed by atoms with Gasteiger partial charge in [-0.05, 0) is 49.6 Å². The van der Waals surface area contributed by atoms with Crippen LogP contribution >= 0.6 is 11.6 Å². The van der Waals surface area contributed by atoms with Crippen LogP contribution in [0.15, 0.2) is 42.5 Å². The molecular formula is C22H23ClN4O2. The number of rotatable bonds is 5. The average Bonchev–Trinajstić information content (AvgIpc) is 3.35. The largest absolute Gasteiger partial charge is 0.342 e. The first-order valence-electron chi connectivity index (χ1n) is 9.80. The predicted molar refractivity (Wildman–Crippen MR) is 114 cm³/mol. The Balaban J connectivity index is 1.59. The van der Waals surface area contributed by atoms with E-state index in [4.69, 9.17) is 11.6 Å². The summed E-state index contributed by atoms with van der Waals surface area (Å²) in [4.78, 5) is 31.9. The van der Waals surface area contributed by atoms with Crippen molar-refractivity contribution in [1.29, 1.82) is 0 Å². The lowest BCUT2D eigenvalue weighted by Crippen LogP contribution is -2.30. The topological polar surface area (TPSA) is 67.2 Å². The number of carbonyl (C=O) groups excluding carboxylic acids is 2. The van der Waals surface area contributed by atoms with E-state index in [1.165, 1.54) is 0 Å². The first kappa shape index (κ1) is 19.5. The van der Waals surface area contributed by atoms with Crippen LogP contribution in [0.4, 0.5) is 5.69 Å². The van der Waals surface area contributed by atoms with E-state index in [1.54, 1.807) is 12.1 Å². The molecule has 1 fully saturated rings. The van der Waals surface area contributed by atoms with Crippen molar-refractivity contribution in [2.75, 3.05) is 18.4 Å². The number of fused-ring (bicyclic) bond motifs is 1. The van der Waals surface area contributed by atoms with Gasteiger partial charge in [0, 0.05) is 23.8 Å². The molecule has 0 atom stereocenters. The summed E-state index contributed by atoms with van der Waals surface area (Å²) >= 11 is 6.15. The van der Waals surface area contributed by atoms with Gasteiger partial charge in [-0.2, -0.15) is 0 Å². The van der Waals surface area contributed by atoms with Crippen LogP contribution in [0.2, 0.25) is 5.02 Å². The van der Waals surface area contributed by atoms with Crippen molar-refractivity contribution in [3.63, 3.8) is 0 Å². The zero-order valence-electron chi connectivity index (χ0n) is 16.3. The fraction of sp³-hybridized carbons (Fsp3) is 0.318. The Kier molecular flexibility index (Phi) is 5.53. The molecule has 1 aromatic heterocycles. The molecular weight excluding hydrogens is 388 g/mol. The number of para-hydroxylation sites is 2. The number of halogens is 1. The number of hydrogen-bond acceptors (Lipinski definition) is 3. The van der Waals surface area contributed by atoms with Crippen LogP contribution in [0.3, 0.4) is 0 Å². The number of imidazole rings is 1. The quantitative estimate of drug-likeness (QED) is 0.695. The second kappa shape index (κ2) is 8.25. The van der Waals surface area contributed by atoms with Gasteiger partial charge in [-0.1, -0.05) is 29.8 Å². The number of benzene rings is 2. The number of nitrogens with one attached hydrogen (secondary N) is 1. The van der Waals surface area contributed by atoms with Gasteiger partial charge in [-0.25, -0.2) is 4.98 Å². The summed E-state index contributed by atoms with van der Waals surface area (Å²) in [5, 5.41) is 3.53. The van der Waals surface area contributed by atoms with Crippen molar-refractivity contribution in [1.82, 2.24) is 14.5 Å². The smallest absolute Gasteiger partial charge is 0.244 e. The van der Waals surface area contributed by atoms with Crippen LogP contribution in [0.25, 0.3) is 11.0 Å². The molecule has 1 N–H and O–H groups in total. The summed E-state index contributed by atoms with van der Waals surface area (Å²) in [6.07, 6.45) is 2.28. The molecule has 0 unspecified atom stereocenters. The number of nitrogens with zero attached hydrogens (tertiary/aromatic N) is 3. The van der Waals surface area contributed by atoms with Gasteiger partial charge in [0.15, 0.2) is 0 Å². The molecule has 2 aromatic carbocycles. The predicted octanol–water partition coefficient (Wildman–Crippen LogP) is 3.80. The zero-order valence-corrected chi connectivity index (χ0v) is 17.1. The van der Waals surface area contributed by atoms with E-state index in [9.17, 15) is 9.59 Å². The van der Waals surface area contributed by atoms with Gasteiger partial charge in [0.2, 0.25) is 11.8 Å². The highest BCUT2D eigenvalue weighted by Gasteiger charge is 2.22. The van der Waals surface area contributed by atoms with Gasteiger partial charge in [-0.15, -0.1) is 0 Å². The Hall–Kier alpha value is -2.86. The third kappa shape index (κ3) is 4.12. The third-order valence-electron chi connectivity index (χ3n) is 5.35. The lowest BCUT2D eigenvalue weighted by atomic mass is 10.2. The molecule has 1 aliphatic rings. The van der Waals surface area contributed by atoms with E-state index in [0.29, 0.717) is 16.5 Å². The lowest BCUT2D eigenvalue weighted by Gasteiger charge is -2.16. The van der Waals surface area contributed by atoms with Gasteiger partial charge in [0.1, 0.15) is 12.4 Å². The molecule has 29 heavy (non-hydrogen) atoms. The summed E-state index contributed by atoms with van der Waals surface area (Å²) in [6.45, 7) is 3.54. The molecule has 2 amide bonds. The minimum Gasteiger partial charge on any atom is -0.342 e. The van der Waals surface area contributed by atoms with Crippen LogP contribution in [-0.4, -0.2) is 39.4 Å². The Labute approximate surface area is 174 Å². The minimum absolute atomic E-state index is 0.0603. The summed E-state index contributed by atoms with van der Waals surface area (Å²) < 4.78 is 1.83. The van der Waals surface area contributed by atoms with Crippen LogP contribution in [0, 0.1) is 6.92 Å². The van der Waals surface area contributed by atoms with Crippen LogP contribution in [-0.2, 0) is 22.6 Å². The average molecular weight is 411 g/mol. The maximum Gasteiger partial charge on any atom is 0.244 e. The van der Waals surface area contributed by atoms with E-state index < -0.39 is 0 Å². The van der Waals surface area contributed by atoms with E-state index in [-0.39, 0.29) is 24.8 Å². The molecule has 3 aromatic rings. The number of aromatic nitrogens is 2. The molecule has 0 aliphatic carbocycles. The van der Waals surface area contributed by atoms with Crippen molar-refractivity contribution in [3.05, 3.63) is 58.9 Å². The van der Waals surface area contributed by atoms with E-state index in [0.717, 1.165) is 42.5 Å². The highest BCUT2D eigenvalue weighted by Crippen LogP contribution is 2.23. The molecule has 4 rings (SSSR count).